The summed E-state index contributed by atoms with van der Waals surface area (Å²) in [5.41, 5.74) is 8.42. The minimum absolute atomic E-state index is 0.475. The molecule has 6 rings (SSSR count). The van der Waals surface area contributed by atoms with Crippen LogP contribution in [0.15, 0.2) is 61.2 Å². The van der Waals surface area contributed by atoms with E-state index in [9.17, 15) is 0 Å². The molecular formula is C72H114N4O. The SMILES string of the molecule is CCCCCCCCCCCCc1ccc(Oc2ccc(CCCCCCCCCCCC)cc2CC2CCC(c3ncc(CCCCCCC)cn3)CC2)c(CC2CCC(c3ncc(CCCCCCC)cn3)CC2)c1. The fourth-order valence-electron chi connectivity index (χ4n) is 13.0. The lowest BCUT2D eigenvalue weighted by molar-refractivity contribution is 0.312. The van der Waals surface area contributed by atoms with E-state index in [1.54, 1.807) is 0 Å². The smallest absolute Gasteiger partial charge is 0.131 e. The van der Waals surface area contributed by atoms with Crippen LogP contribution in [-0.4, -0.2) is 19.9 Å². The highest BCUT2D eigenvalue weighted by Crippen LogP contribution is 2.41. The lowest BCUT2D eigenvalue weighted by Gasteiger charge is -2.29. The molecule has 0 saturated heterocycles. The first-order valence-electron chi connectivity index (χ1n) is 33.6. The number of aryl methyl sites for hydroxylation is 4. The molecular weight excluding hydrogens is 937 g/mol. The summed E-state index contributed by atoms with van der Waals surface area (Å²) in [7, 11) is 0. The molecule has 2 fully saturated rings. The Bertz CT molecular complexity index is 1930. The number of nitrogens with zero attached hydrogens (tertiary/aromatic N) is 4. The number of aromatic nitrogens is 4. The van der Waals surface area contributed by atoms with Gasteiger partial charge in [-0.05, 0) is 173 Å². The van der Waals surface area contributed by atoms with E-state index >= 15 is 0 Å². The molecule has 428 valence electrons. The average Bonchev–Trinajstić information content (AvgIpc) is 3.46. The van der Waals surface area contributed by atoms with Crippen LogP contribution in [0, 0.1) is 11.8 Å². The number of rotatable bonds is 42. The number of ether oxygens (including phenoxy) is 1. The molecule has 0 atom stereocenters. The summed E-state index contributed by atoms with van der Waals surface area (Å²) in [4.78, 5) is 19.8. The first-order valence-corrected chi connectivity index (χ1v) is 33.6. The van der Waals surface area contributed by atoms with E-state index in [4.69, 9.17) is 24.7 Å². The molecule has 0 amide bonds. The normalized spacial score (nSPS) is 17.8. The predicted molar refractivity (Wildman–Crippen MR) is 330 cm³/mol. The van der Waals surface area contributed by atoms with Gasteiger partial charge >= 0.3 is 0 Å². The first-order chi connectivity index (χ1) is 38.0. The predicted octanol–water partition coefficient (Wildman–Crippen LogP) is 22.0. The lowest BCUT2D eigenvalue weighted by Crippen LogP contribution is -2.18. The van der Waals surface area contributed by atoms with Crippen LogP contribution in [0.3, 0.4) is 0 Å². The van der Waals surface area contributed by atoms with Gasteiger partial charge in [-0.2, -0.15) is 0 Å². The van der Waals surface area contributed by atoms with Crippen molar-refractivity contribution in [1.29, 1.82) is 0 Å². The highest BCUT2D eigenvalue weighted by Gasteiger charge is 2.28. The molecule has 0 unspecified atom stereocenters. The van der Waals surface area contributed by atoms with Gasteiger partial charge in [-0.1, -0.05) is 219 Å². The monoisotopic (exact) mass is 1050 g/mol. The first kappa shape index (κ1) is 62.6. The van der Waals surface area contributed by atoms with Gasteiger partial charge in [0.2, 0.25) is 0 Å². The molecule has 0 bridgehead atoms. The van der Waals surface area contributed by atoms with Crippen LogP contribution < -0.4 is 4.74 Å². The third-order valence-electron chi connectivity index (χ3n) is 18.1. The topological polar surface area (TPSA) is 60.8 Å². The number of hydrogen-bond acceptors (Lipinski definition) is 5. The van der Waals surface area contributed by atoms with E-state index < -0.39 is 0 Å². The van der Waals surface area contributed by atoms with Crippen molar-refractivity contribution in [3.8, 4) is 11.5 Å². The van der Waals surface area contributed by atoms with Crippen molar-refractivity contribution < 1.29 is 4.74 Å². The van der Waals surface area contributed by atoms with Crippen molar-refractivity contribution in [2.45, 2.75) is 322 Å². The van der Waals surface area contributed by atoms with Crippen molar-refractivity contribution in [3.63, 3.8) is 0 Å². The Morgan fingerprint density at radius 3 is 0.896 bits per heavy atom. The fraction of sp³-hybridized carbons (Fsp3) is 0.722. The van der Waals surface area contributed by atoms with Crippen LogP contribution >= 0.6 is 0 Å². The third kappa shape index (κ3) is 24.8. The van der Waals surface area contributed by atoms with Crippen LogP contribution in [0.25, 0.3) is 0 Å². The standard InChI is InChI=1S/C72H114N4O/c1-5-9-13-17-19-21-23-25-29-31-35-59-43-49-69(67(51-59)53-61-39-45-65(46-40-61)71-73-55-63(56-74-71)37-33-27-15-11-7-3)77-70-50-44-60(36-32-30-26-24-22-20-18-14-10-6-2)52-68(70)54-62-41-47-66(48-42-62)72-75-57-64(58-76-72)38-34-28-16-12-8-4/h43-44,49-52,55-58,61-62,65-66H,5-42,45-48,53-54H2,1-4H3. The lowest BCUT2D eigenvalue weighted by atomic mass is 9.78. The van der Waals surface area contributed by atoms with Crippen LogP contribution in [0.4, 0.5) is 0 Å². The quantitative estimate of drug-likeness (QED) is 0.0414. The summed E-state index contributed by atoms with van der Waals surface area (Å²) in [6.07, 6.45) is 65.5. The van der Waals surface area contributed by atoms with E-state index in [-0.39, 0.29) is 0 Å². The summed E-state index contributed by atoms with van der Waals surface area (Å²) >= 11 is 0. The van der Waals surface area contributed by atoms with Crippen molar-refractivity contribution >= 4 is 0 Å². The van der Waals surface area contributed by atoms with Gasteiger partial charge < -0.3 is 4.74 Å². The van der Waals surface area contributed by atoms with Crippen LogP contribution in [0.5, 0.6) is 11.5 Å². The fourth-order valence-corrected chi connectivity index (χ4v) is 13.0. The molecule has 2 aromatic heterocycles. The summed E-state index contributed by atoms with van der Waals surface area (Å²) in [5.74, 6) is 6.57. The molecule has 4 aromatic rings. The van der Waals surface area contributed by atoms with Crippen molar-refractivity contribution in [3.05, 3.63) is 106 Å². The zero-order valence-electron chi connectivity index (χ0n) is 50.4. The van der Waals surface area contributed by atoms with Crippen molar-refractivity contribution in [2.75, 3.05) is 0 Å². The van der Waals surface area contributed by atoms with E-state index in [1.165, 1.54) is 290 Å². The van der Waals surface area contributed by atoms with Crippen LogP contribution in [-0.2, 0) is 38.5 Å². The Morgan fingerprint density at radius 2 is 0.597 bits per heavy atom. The highest BCUT2D eigenvalue weighted by molar-refractivity contribution is 5.45. The minimum Gasteiger partial charge on any atom is -0.457 e. The second-order valence-corrected chi connectivity index (χ2v) is 24.9. The molecule has 2 heterocycles. The van der Waals surface area contributed by atoms with Gasteiger partial charge in [-0.25, -0.2) is 19.9 Å². The van der Waals surface area contributed by atoms with Crippen LogP contribution in [0.2, 0.25) is 0 Å². The van der Waals surface area contributed by atoms with Gasteiger partial charge in [-0.15, -0.1) is 0 Å². The van der Waals surface area contributed by atoms with Gasteiger partial charge in [0.25, 0.3) is 0 Å². The van der Waals surface area contributed by atoms with Crippen molar-refractivity contribution in [2.24, 2.45) is 11.8 Å². The summed E-state index contributed by atoms with van der Waals surface area (Å²) < 4.78 is 7.30. The van der Waals surface area contributed by atoms with Crippen molar-refractivity contribution in [1.82, 2.24) is 19.9 Å². The molecule has 0 N–H and O–H groups in total. The van der Waals surface area contributed by atoms with Gasteiger partial charge in [-0.3, -0.25) is 0 Å². The molecule has 5 nitrogen and oxygen atoms in total. The average molecular weight is 1050 g/mol. The molecule has 0 aliphatic heterocycles. The number of unbranched alkanes of at least 4 members (excludes halogenated alkanes) is 26. The maximum Gasteiger partial charge on any atom is 0.131 e. The van der Waals surface area contributed by atoms with E-state index in [2.05, 4.69) is 88.9 Å². The molecule has 0 spiro atoms. The molecule has 5 heteroatoms. The maximum atomic E-state index is 7.30. The zero-order valence-corrected chi connectivity index (χ0v) is 50.4. The molecule has 77 heavy (non-hydrogen) atoms. The summed E-state index contributed by atoms with van der Waals surface area (Å²) in [6.45, 7) is 9.21. The molecule has 0 radical (unpaired) electrons. The molecule has 2 aliphatic rings. The highest BCUT2D eigenvalue weighted by atomic mass is 16.5. The Hall–Kier alpha value is -3.60. The molecule has 2 aliphatic carbocycles. The second-order valence-electron chi connectivity index (χ2n) is 24.9. The molecule has 2 saturated carbocycles. The third-order valence-corrected chi connectivity index (χ3v) is 18.1. The van der Waals surface area contributed by atoms with Gasteiger partial charge in [0.05, 0.1) is 0 Å². The van der Waals surface area contributed by atoms with Crippen LogP contribution in [0.1, 0.15) is 329 Å². The second kappa shape index (κ2) is 38.9. The van der Waals surface area contributed by atoms with Gasteiger partial charge in [0.1, 0.15) is 23.1 Å². The number of benzene rings is 2. The summed E-state index contributed by atoms with van der Waals surface area (Å²) in [6, 6.07) is 14.6. The minimum atomic E-state index is 0.475. The Labute approximate surface area is 474 Å². The largest absolute Gasteiger partial charge is 0.457 e. The Balaban J connectivity index is 1.11. The maximum absolute atomic E-state index is 7.30. The van der Waals surface area contributed by atoms with E-state index in [0.29, 0.717) is 23.7 Å². The zero-order chi connectivity index (χ0) is 53.8. The van der Waals surface area contributed by atoms with E-state index in [0.717, 1.165) is 48.8 Å². The van der Waals surface area contributed by atoms with E-state index in [1.807, 2.05) is 0 Å². The molecule has 2 aromatic carbocycles. The number of hydrogen-bond donors (Lipinski definition) is 0. The Morgan fingerprint density at radius 1 is 0.325 bits per heavy atom. The Kier molecular flexibility index (Phi) is 31.6. The van der Waals surface area contributed by atoms with Gasteiger partial charge in [0.15, 0.2) is 0 Å². The van der Waals surface area contributed by atoms with Gasteiger partial charge in [0, 0.05) is 36.6 Å². The summed E-state index contributed by atoms with van der Waals surface area (Å²) in [5, 5.41) is 0.